The molecule has 168 valence electrons. The van der Waals surface area contributed by atoms with E-state index in [-0.39, 0.29) is 18.0 Å². The minimum absolute atomic E-state index is 0.238. The lowest BCUT2D eigenvalue weighted by Crippen LogP contribution is -2.38. The van der Waals surface area contributed by atoms with Crippen molar-refractivity contribution < 1.29 is 9.53 Å². The number of pyridine rings is 1. The van der Waals surface area contributed by atoms with Crippen molar-refractivity contribution in [3.8, 4) is 0 Å². The fourth-order valence-corrected chi connectivity index (χ4v) is 5.23. The van der Waals surface area contributed by atoms with E-state index < -0.39 is 0 Å². The van der Waals surface area contributed by atoms with Crippen molar-refractivity contribution in [1.82, 2.24) is 14.3 Å². The van der Waals surface area contributed by atoms with Crippen molar-refractivity contribution in [3.05, 3.63) is 80.1 Å². The third-order valence-corrected chi connectivity index (χ3v) is 7.24. The summed E-state index contributed by atoms with van der Waals surface area (Å²) >= 11 is 12.9. The largest absolute Gasteiger partial charge is 0.378 e. The van der Waals surface area contributed by atoms with E-state index in [2.05, 4.69) is 0 Å². The molecule has 3 aromatic rings. The molecule has 1 amide bonds. The lowest BCUT2D eigenvalue weighted by Gasteiger charge is -2.29. The number of thiocarbonyl (C=S) groups is 1. The number of amides is 1. The zero-order valence-electron chi connectivity index (χ0n) is 17.4. The molecule has 7 nitrogen and oxygen atoms in total. The van der Waals surface area contributed by atoms with Crippen molar-refractivity contribution in [2.75, 3.05) is 31.2 Å². The number of ether oxygens (including phenoxy) is 1. The minimum Gasteiger partial charge on any atom is -0.378 e. The van der Waals surface area contributed by atoms with Gasteiger partial charge in [0.2, 0.25) is 0 Å². The van der Waals surface area contributed by atoms with Crippen molar-refractivity contribution in [1.29, 1.82) is 0 Å². The van der Waals surface area contributed by atoms with E-state index in [1.165, 1.54) is 21.1 Å². The third-order valence-electron chi connectivity index (χ3n) is 5.49. The molecule has 0 saturated carbocycles. The van der Waals surface area contributed by atoms with Crippen LogP contribution in [0.3, 0.4) is 0 Å². The molecule has 2 fully saturated rings. The van der Waals surface area contributed by atoms with Gasteiger partial charge in [-0.1, -0.05) is 59.8 Å². The first-order valence-electron chi connectivity index (χ1n) is 10.4. The molecule has 5 rings (SSSR count). The van der Waals surface area contributed by atoms with Crippen LogP contribution in [-0.4, -0.2) is 50.8 Å². The second kappa shape index (κ2) is 9.26. The molecule has 0 atom stereocenters. The van der Waals surface area contributed by atoms with E-state index >= 15 is 0 Å². The van der Waals surface area contributed by atoms with Crippen molar-refractivity contribution in [2.45, 2.75) is 6.54 Å². The number of fused-ring (bicyclic) bond motifs is 1. The van der Waals surface area contributed by atoms with E-state index in [4.69, 9.17) is 33.5 Å². The number of benzene rings is 1. The Kier molecular flexibility index (Phi) is 6.20. The highest BCUT2D eigenvalue weighted by Gasteiger charge is 2.33. The maximum Gasteiger partial charge on any atom is 0.267 e. The zero-order valence-corrected chi connectivity index (χ0v) is 19.8. The van der Waals surface area contributed by atoms with Crippen LogP contribution in [0.25, 0.3) is 11.7 Å². The van der Waals surface area contributed by atoms with Crippen molar-refractivity contribution in [2.24, 2.45) is 0 Å². The molecular weight excluding hydrogens is 480 g/mol. The number of halogens is 1. The highest BCUT2D eigenvalue weighted by atomic mass is 35.5. The number of hydrogen-bond acceptors (Lipinski definition) is 7. The lowest BCUT2D eigenvalue weighted by atomic mass is 10.2. The van der Waals surface area contributed by atoms with Gasteiger partial charge in [-0.25, -0.2) is 4.98 Å². The number of carbonyl (C=O) groups excluding carboxylic acids is 1. The summed E-state index contributed by atoms with van der Waals surface area (Å²) in [5, 5.41) is 0.571. The third kappa shape index (κ3) is 4.29. The van der Waals surface area contributed by atoms with Gasteiger partial charge in [-0.2, -0.15) is 0 Å². The monoisotopic (exact) mass is 498 g/mol. The summed E-state index contributed by atoms with van der Waals surface area (Å²) < 4.78 is 7.37. The van der Waals surface area contributed by atoms with Gasteiger partial charge in [-0.3, -0.25) is 18.9 Å². The number of nitrogens with zero attached hydrogens (tertiary/aromatic N) is 4. The normalized spacial score (nSPS) is 18.0. The van der Waals surface area contributed by atoms with Gasteiger partial charge in [0.05, 0.1) is 30.2 Å². The molecule has 0 bridgehead atoms. The summed E-state index contributed by atoms with van der Waals surface area (Å²) in [4.78, 5) is 35.3. The highest BCUT2D eigenvalue weighted by Crippen LogP contribution is 2.35. The molecule has 1 aromatic carbocycles. The lowest BCUT2D eigenvalue weighted by molar-refractivity contribution is -0.122. The van der Waals surface area contributed by atoms with Crippen LogP contribution in [0.15, 0.2) is 58.4 Å². The van der Waals surface area contributed by atoms with Gasteiger partial charge in [0, 0.05) is 24.3 Å². The Morgan fingerprint density at radius 2 is 1.88 bits per heavy atom. The maximum atomic E-state index is 13.4. The fourth-order valence-electron chi connectivity index (χ4n) is 3.80. The topological polar surface area (TPSA) is 67.2 Å². The zero-order chi connectivity index (χ0) is 22.9. The standard InChI is InChI=1S/C23H19ClN4O3S2/c24-17-6-2-1-5-15(17)14-28-22(30)18(33-23(28)32)13-16-20(26-9-11-31-12-10-26)25-19-7-3-4-8-27(19)21(16)29/h1-8,13H,9-12,14H2. The summed E-state index contributed by atoms with van der Waals surface area (Å²) in [6.07, 6.45) is 3.29. The Labute approximate surface area is 204 Å². The van der Waals surface area contributed by atoms with E-state index in [9.17, 15) is 9.59 Å². The predicted octanol–water partition coefficient (Wildman–Crippen LogP) is 3.59. The summed E-state index contributed by atoms with van der Waals surface area (Å²) in [6.45, 7) is 2.60. The number of thioether (sulfide) groups is 1. The summed E-state index contributed by atoms with van der Waals surface area (Å²) in [5.74, 6) is 0.293. The molecule has 2 aliphatic rings. The number of carbonyl (C=O) groups is 1. The Morgan fingerprint density at radius 3 is 2.67 bits per heavy atom. The van der Waals surface area contributed by atoms with Crippen LogP contribution < -0.4 is 10.5 Å². The van der Waals surface area contributed by atoms with E-state index in [1.54, 1.807) is 30.5 Å². The van der Waals surface area contributed by atoms with Gasteiger partial charge < -0.3 is 9.64 Å². The van der Waals surface area contributed by atoms with Crippen LogP contribution in [-0.2, 0) is 16.1 Å². The van der Waals surface area contributed by atoms with Crippen molar-refractivity contribution in [3.63, 3.8) is 0 Å². The van der Waals surface area contributed by atoms with E-state index in [1.807, 2.05) is 29.2 Å². The first-order chi connectivity index (χ1) is 16.0. The second-order valence-electron chi connectivity index (χ2n) is 7.54. The minimum atomic E-state index is -0.254. The van der Waals surface area contributed by atoms with Gasteiger partial charge >= 0.3 is 0 Å². The van der Waals surface area contributed by atoms with Crippen LogP contribution >= 0.6 is 35.6 Å². The van der Waals surface area contributed by atoms with E-state index in [0.717, 1.165) is 5.56 Å². The number of anilines is 1. The Morgan fingerprint density at radius 1 is 1.12 bits per heavy atom. The summed E-state index contributed by atoms with van der Waals surface area (Å²) in [5.41, 5.74) is 1.47. The summed E-state index contributed by atoms with van der Waals surface area (Å²) in [6, 6.07) is 12.7. The van der Waals surface area contributed by atoms with Crippen LogP contribution in [0.2, 0.25) is 5.02 Å². The van der Waals surface area contributed by atoms with E-state index in [0.29, 0.717) is 57.6 Å². The molecule has 0 N–H and O–H groups in total. The van der Waals surface area contributed by atoms with Gasteiger partial charge in [0.1, 0.15) is 15.8 Å². The molecule has 2 aliphatic heterocycles. The molecule has 2 saturated heterocycles. The molecular formula is C23H19ClN4O3S2. The fraction of sp³-hybridized carbons (Fsp3) is 0.217. The van der Waals surface area contributed by atoms with Crippen molar-refractivity contribution >= 4 is 63.3 Å². The molecule has 10 heteroatoms. The second-order valence-corrected chi connectivity index (χ2v) is 9.62. The number of hydrogen-bond donors (Lipinski definition) is 0. The quantitative estimate of drug-likeness (QED) is 0.402. The molecule has 0 radical (unpaired) electrons. The molecule has 33 heavy (non-hydrogen) atoms. The predicted molar refractivity (Wildman–Crippen MR) is 135 cm³/mol. The Bertz CT molecular complexity index is 1350. The van der Waals surface area contributed by atoms with Gasteiger partial charge in [0.25, 0.3) is 11.5 Å². The molecule has 0 spiro atoms. The van der Waals surface area contributed by atoms with Gasteiger partial charge in [0.15, 0.2) is 0 Å². The van der Waals surface area contributed by atoms with Crippen LogP contribution in [0.1, 0.15) is 11.1 Å². The maximum absolute atomic E-state index is 13.4. The van der Waals surface area contributed by atoms with Crippen LogP contribution in [0.4, 0.5) is 5.82 Å². The average molecular weight is 499 g/mol. The smallest absolute Gasteiger partial charge is 0.267 e. The van der Waals surface area contributed by atoms with Crippen LogP contribution in [0.5, 0.6) is 0 Å². The molecule has 0 aliphatic carbocycles. The number of aromatic nitrogens is 2. The number of rotatable bonds is 4. The molecule has 0 unspecified atom stereocenters. The highest BCUT2D eigenvalue weighted by molar-refractivity contribution is 8.26. The molecule has 2 aromatic heterocycles. The Balaban J connectivity index is 1.56. The van der Waals surface area contributed by atoms with Gasteiger partial charge in [-0.05, 0) is 29.8 Å². The summed E-state index contributed by atoms with van der Waals surface area (Å²) in [7, 11) is 0. The first kappa shape index (κ1) is 22.1. The average Bonchev–Trinajstić information content (AvgIpc) is 3.10. The van der Waals surface area contributed by atoms with Gasteiger partial charge in [-0.15, -0.1) is 0 Å². The van der Waals surface area contributed by atoms with Crippen LogP contribution in [0, 0.1) is 0 Å². The Hall–Kier alpha value is -2.72. The number of morpholine rings is 1. The first-order valence-corrected chi connectivity index (χ1v) is 12.0. The SMILES string of the molecule is O=C1C(=Cc2c(N3CCOCC3)nc3ccccn3c2=O)SC(=S)N1Cc1ccccc1Cl. The molecule has 4 heterocycles.